The molecule has 0 aliphatic rings. The van der Waals surface area contributed by atoms with Crippen molar-refractivity contribution in [1.29, 1.82) is 0 Å². The van der Waals surface area contributed by atoms with Crippen LogP contribution in [0.2, 0.25) is 0 Å². The first kappa shape index (κ1) is 16.4. The highest BCUT2D eigenvalue weighted by Crippen LogP contribution is 2.26. The largest absolute Gasteiger partial charge is 0.468 e. The van der Waals surface area contributed by atoms with Crippen LogP contribution in [-0.2, 0) is 16.6 Å². The predicted octanol–water partition coefficient (Wildman–Crippen LogP) is 2.77. The van der Waals surface area contributed by atoms with Crippen LogP contribution >= 0.6 is 0 Å². The van der Waals surface area contributed by atoms with E-state index in [0.717, 1.165) is 0 Å². The summed E-state index contributed by atoms with van der Waals surface area (Å²) in [5.41, 5.74) is 1.23. The molecule has 0 aliphatic heterocycles. The first-order chi connectivity index (χ1) is 11.4. The van der Waals surface area contributed by atoms with Crippen LogP contribution in [-0.4, -0.2) is 29.9 Å². The monoisotopic (exact) mass is 347 g/mol. The molecule has 0 bridgehead atoms. The molecule has 0 N–H and O–H groups in total. The molecule has 0 unspecified atom stereocenters. The highest BCUT2D eigenvalue weighted by molar-refractivity contribution is 7.89. The molecule has 0 atom stereocenters. The molecule has 0 spiro atoms. The highest BCUT2D eigenvalue weighted by atomic mass is 32.2. The van der Waals surface area contributed by atoms with Crippen molar-refractivity contribution in [3.05, 3.63) is 53.8 Å². The molecule has 1 aromatic carbocycles. The average molecular weight is 347 g/mol. The summed E-state index contributed by atoms with van der Waals surface area (Å²) in [6, 6.07) is 8.52. The lowest BCUT2D eigenvalue weighted by Crippen LogP contribution is -2.27. The SMILES string of the molecule is Cc1nc(-c2ccc(C)c(S(=O)(=O)N(C)Cc3ccco3)c2)no1. The van der Waals surface area contributed by atoms with Gasteiger partial charge in [0.25, 0.3) is 0 Å². The van der Waals surface area contributed by atoms with Gasteiger partial charge in [-0.1, -0.05) is 17.3 Å². The summed E-state index contributed by atoms with van der Waals surface area (Å²) in [7, 11) is -2.17. The van der Waals surface area contributed by atoms with Gasteiger partial charge in [-0.2, -0.15) is 9.29 Å². The van der Waals surface area contributed by atoms with Crippen LogP contribution in [0.1, 0.15) is 17.2 Å². The second-order valence-electron chi connectivity index (χ2n) is 5.46. The zero-order chi connectivity index (χ0) is 17.3. The number of rotatable bonds is 5. The van der Waals surface area contributed by atoms with E-state index < -0.39 is 10.0 Å². The minimum atomic E-state index is -3.68. The van der Waals surface area contributed by atoms with Gasteiger partial charge in [0.1, 0.15) is 5.76 Å². The van der Waals surface area contributed by atoms with Gasteiger partial charge in [0.05, 0.1) is 17.7 Å². The van der Waals surface area contributed by atoms with E-state index in [1.54, 1.807) is 44.2 Å². The molecule has 3 aromatic rings. The molecular formula is C16H17N3O4S. The summed E-state index contributed by atoms with van der Waals surface area (Å²) >= 11 is 0. The van der Waals surface area contributed by atoms with Crippen LogP contribution < -0.4 is 0 Å². The molecule has 0 radical (unpaired) electrons. The molecule has 3 rings (SSSR count). The molecule has 8 heteroatoms. The maximum atomic E-state index is 12.9. The molecule has 0 saturated heterocycles. The summed E-state index contributed by atoms with van der Waals surface area (Å²) in [4.78, 5) is 4.34. The Hall–Kier alpha value is -2.45. The Labute approximate surface area is 140 Å². The second kappa shape index (κ2) is 6.21. The standard InChI is InChI=1S/C16H17N3O4S/c1-11-6-7-13(16-17-12(2)23-18-16)9-15(11)24(20,21)19(3)10-14-5-4-8-22-14/h4-9H,10H2,1-3H3. The normalized spacial score (nSPS) is 12.0. The van der Waals surface area contributed by atoms with E-state index in [0.29, 0.717) is 28.6 Å². The minimum absolute atomic E-state index is 0.153. The predicted molar refractivity (Wildman–Crippen MR) is 86.6 cm³/mol. The maximum Gasteiger partial charge on any atom is 0.243 e. The van der Waals surface area contributed by atoms with Gasteiger partial charge in [-0.25, -0.2) is 8.42 Å². The number of hydrogen-bond acceptors (Lipinski definition) is 6. The van der Waals surface area contributed by atoms with E-state index in [1.165, 1.54) is 17.6 Å². The lowest BCUT2D eigenvalue weighted by atomic mass is 10.1. The van der Waals surface area contributed by atoms with Gasteiger partial charge in [-0.15, -0.1) is 0 Å². The highest BCUT2D eigenvalue weighted by Gasteiger charge is 2.24. The van der Waals surface area contributed by atoms with Gasteiger partial charge < -0.3 is 8.94 Å². The lowest BCUT2D eigenvalue weighted by molar-refractivity contribution is 0.394. The fraction of sp³-hybridized carbons (Fsp3) is 0.250. The maximum absolute atomic E-state index is 12.9. The van der Waals surface area contributed by atoms with Crippen LogP contribution in [0, 0.1) is 13.8 Å². The molecule has 2 aromatic heterocycles. The number of furan rings is 1. The van der Waals surface area contributed by atoms with Gasteiger partial charge >= 0.3 is 0 Å². The van der Waals surface area contributed by atoms with Crippen molar-refractivity contribution in [3.63, 3.8) is 0 Å². The van der Waals surface area contributed by atoms with Crippen LogP contribution in [0.5, 0.6) is 0 Å². The van der Waals surface area contributed by atoms with E-state index in [2.05, 4.69) is 10.1 Å². The topological polar surface area (TPSA) is 89.4 Å². The van der Waals surface area contributed by atoms with Gasteiger partial charge in [-0.3, -0.25) is 0 Å². The Balaban J connectivity index is 1.97. The lowest BCUT2D eigenvalue weighted by Gasteiger charge is -2.18. The van der Waals surface area contributed by atoms with E-state index in [-0.39, 0.29) is 11.4 Å². The smallest absolute Gasteiger partial charge is 0.243 e. The van der Waals surface area contributed by atoms with Crippen molar-refractivity contribution in [1.82, 2.24) is 14.4 Å². The molecule has 0 saturated carbocycles. The van der Waals surface area contributed by atoms with Crippen molar-refractivity contribution >= 4 is 10.0 Å². The van der Waals surface area contributed by atoms with Gasteiger partial charge in [-0.05, 0) is 30.7 Å². The molecule has 126 valence electrons. The number of aryl methyl sites for hydroxylation is 2. The molecule has 7 nitrogen and oxygen atoms in total. The fourth-order valence-electron chi connectivity index (χ4n) is 2.31. The Morgan fingerprint density at radius 1 is 1.21 bits per heavy atom. The van der Waals surface area contributed by atoms with Gasteiger partial charge in [0.2, 0.25) is 21.7 Å². The molecule has 0 fully saturated rings. The summed E-state index contributed by atoms with van der Waals surface area (Å²) < 4.78 is 37.2. The van der Waals surface area contributed by atoms with E-state index in [1.807, 2.05) is 0 Å². The number of hydrogen-bond donors (Lipinski definition) is 0. The minimum Gasteiger partial charge on any atom is -0.468 e. The van der Waals surface area contributed by atoms with E-state index in [4.69, 9.17) is 8.94 Å². The third-order valence-electron chi connectivity index (χ3n) is 3.62. The summed E-state index contributed by atoms with van der Waals surface area (Å²) in [6.07, 6.45) is 1.51. The van der Waals surface area contributed by atoms with Crippen LogP contribution in [0.4, 0.5) is 0 Å². The van der Waals surface area contributed by atoms with Crippen molar-refractivity contribution in [2.45, 2.75) is 25.3 Å². The first-order valence-corrected chi connectivity index (χ1v) is 8.72. The van der Waals surface area contributed by atoms with Gasteiger partial charge in [0.15, 0.2) is 0 Å². The summed E-state index contributed by atoms with van der Waals surface area (Å²) in [5, 5.41) is 3.83. The Kier molecular flexibility index (Phi) is 4.25. The van der Waals surface area contributed by atoms with Crippen molar-refractivity contribution in [2.75, 3.05) is 7.05 Å². The Bertz CT molecular complexity index is 946. The summed E-state index contributed by atoms with van der Waals surface area (Å²) in [6.45, 7) is 3.58. The molecule has 0 amide bonds. The van der Waals surface area contributed by atoms with Gasteiger partial charge in [0, 0.05) is 19.5 Å². The molecule has 24 heavy (non-hydrogen) atoms. The number of benzene rings is 1. The third kappa shape index (κ3) is 3.10. The zero-order valence-corrected chi connectivity index (χ0v) is 14.4. The van der Waals surface area contributed by atoms with E-state index >= 15 is 0 Å². The number of nitrogens with zero attached hydrogens (tertiary/aromatic N) is 3. The number of sulfonamides is 1. The van der Waals surface area contributed by atoms with Crippen molar-refractivity contribution in [2.24, 2.45) is 0 Å². The Morgan fingerprint density at radius 3 is 2.62 bits per heavy atom. The molecule has 2 heterocycles. The zero-order valence-electron chi connectivity index (χ0n) is 13.6. The van der Waals surface area contributed by atoms with Crippen LogP contribution in [0.25, 0.3) is 11.4 Å². The third-order valence-corrected chi connectivity index (χ3v) is 5.57. The quantitative estimate of drug-likeness (QED) is 0.705. The Morgan fingerprint density at radius 2 is 2.00 bits per heavy atom. The first-order valence-electron chi connectivity index (χ1n) is 7.28. The van der Waals surface area contributed by atoms with Crippen molar-refractivity contribution in [3.8, 4) is 11.4 Å². The average Bonchev–Trinajstić information content (AvgIpc) is 3.19. The molecular weight excluding hydrogens is 330 g/mol. The van der Waals surface area contributed by atoms with Crippen molar-refractivity contribution < 1.29 is 17.4 Å². The summed E-state index contributed by atoms with van der Waals surface area (Å²) in [5.74, 6) is 1.35. The van der Waals surface area contributed by atoms with Crippen LogP contribution in [0.3, 0.4) is 0 Å². The van der Waals surface area contributed by atoms with Crippen LogP contribution in [0.15, 0.2) is 50.4 Å². The number of aromatic nitrogens is 2. The molecule has 0 aliphatic carbocycles. The van der Waals surface area contributed by atoms with E-state index in [9.17, 15) is 8.42 Å². The second-order valence-corrected chi connectivity index (χ2v) is 7.47. The fourth-order valence-corrected chi connectivity index (χ4v) is 3.69.